The van der Waals surface area contributed by atoms with Crippen molar-refractivity contribution in [2.24, 2.45) is 0 Å². The van der Waals surface area contributed by atoms with Gasteiger partial charge >= 0.3 is 0 Å². The quantitative estimate of drug-likeness (QED) is 0.683. The van der Waals surface area contributed by atoms with Crippen LogP contribution in [0.5, 0.6) is 0 Å². The van der Waals surface area contributed by atoms with Crippen molar-refractivity contribution in [1.29, 1.82) is 0 Å². The van der Waals surface area contributed by atoms with Crippen molar-refractivity contribution in [3.63, 3.8) is 0 Å². The van der Waals surface area contributed by atoms with Crippen LogP contribution in [0.15, 0.2) is 24.3 Å². The minimum Gasteiger partial charge on any atom is -0.394 e. The molecule has 0 spiro atoms. The molecular weight excluding hydrogens is 152 g/mol. The Bertz CT molecular complexity index is 216. The van der Waals surface area contributed by atoms with Crippen LogP contribution < -0.4 is 0 Å². The largest absolute Gasteiger partial charge is 0.394 e. The Morgan fingerprint density at radius 1 is 1.25 bits per heavy atom. The van der Waals surface area contributed by atoms with Gasteiger partial charge < -0.3 is 9.84 Å². The first-order valence-corrected chi connectivity index (χ1v) is 3.92. The molecule has 1 aromatic rings. The number of hydrogen-bond acceptors (Lipinski definition) is 2. The average molecular weight is 165 g/mol. The van der Waals surface area contributed by atoms with E-state index in [0.717, 1.165) is 11.1 Å². The molecule has 0 aliphatic heterocycles. The van der Waals surface area contributed by atoms with Gasteiger partial charge in [0.15, 0.2) is 0 Å². The fourth-order valence-corrected chi connectivity index (χ4v) is 0.890. The van der Waals surface area contributed by atoms with Gasteiger partial charge in [-0.15, -0.1) is 0 Å². The predicted molar refractivity (Wildman–Crippen MR) is 47.6 cm³/mol. The van der Waals surface area contributed by atoms with Crippen molar-refractivity contribution in [3.8, 4) is 0 Å². The molecule has 1 N–H and O–H groups in total. The Morgan fingerprint density at radius 2 is 1.92 bits per heavy atom. The third-order valence-electron chi connectivity index (χ3n) is 1.53. The highest BCUT2D eigenvalue weighted by Gasteiger charge is 1.91. The van der Waals surface area contributed by atoms with Crippen LogP contribution in [-0.2, 0) is 11.3 Å². The second kappa shape index (κ2) is 4.91. The summed E-state index contributed by atoms with van der Waals surface area (Å²) in [4.78, 5) is 0. The first-order valence-electron chi connectivity index (χ1n) is 3.92. The van der Waals surface area contributed by atoms with Gasteiger partial charge in [0.25, 0.3) is 0 Å². The third-order valence-corrected chi connectivity index (χ3v) is 1.53. The molecule has 0 aromatic heterocycles. The molecule has 2 heteroatoms. The highest BCUT2D eigenvalue weighted by molar-refractivity contribution is 5.23. The monoisotopic (exact) mass is 165 g/mol. The molecule has 1 aromatic carbocycles. The van der Waals surface area contributed by atoms with Gasteiger partial charge in [-0.2, -0.15) is 0 Å². The Labute approximate surface area is 72.8 Å². The van der Waals surface area contributed by atoms with E-state index < -0.39 is 0 Å². The van der Waals surface area contributed by atoms with E-state index in [0.29, 0.717) is 13.2 Å². The van der Waals surface area contributed by atoms with Crippen molar-refractivity contribution < 1.29 is 9.84 Å². The number of benzene rings is 1. The Hall–Kier alpha value is -0.860. The molecule has 1 radical (unpaired) electrons. The predicted octanol–water partition coefficient (Wildman–Crippen LogP) is 1.38. The summed E-state index contributed by atoms with van der Waals surface area (Å²) in [5.74, 6) is 0. The molecule has 0 aliphatic carbocycles. The summed E-state index contributed by atoms with van der Waals surface area (Å²) in [5, 5.41) is 8.45. The lowest BCUT2D eigenvalue weighted by atomic mass is 10.2. The lowest BCUT2D eigenvalue weighted by molar-refractivity contribution is 0.0815. The van der Waals surface area contributed by atoms with Crippen LogP contribution in [0.1, 0.15) is 11.1 Å². The second-order valence-electron chi connectivity index (χ2n) is 2.59. The number of hydrogen-bond donors (Lipinski definition) is 1. The Morgan fingerprint density at radius 3 is 2.50 bits per heavy atom. The van der Waals surface area contributed by atoms with Gasteiger partial charge in [-0.3, -0.25) is 0 Å². The molecule has 0 bridgehead atoms. The van der Waals surface area contributed by atoms with Crippen LogP contribution in [0.3, 0.4) is 0 Å². The number of ether oxygens (including phenoxy) is 1. The molecule has 1 rings (SSSR count). The van der Waals surface area contributed by atoms with E-state index in [-0.39, 0.29) is 6.61 Å². The molecule has 12 heavy (non-hydrogen) atoms. The van der Waals surface area contributed by atoms with Gasteiger partial charge in [-0.1, -0.05) is 24.3 Å². The molecule has 0 fully saturated rings. The number of aliphatic hydroxyl groups excluding tert-OH is 1. The average Bonchev–Trinajstić information content (AvgIpc) is 2.09. The second-order valence-corrected chi connectivity index (χ2v) is 2.59. The van der Waals surface area contributed by atoms with E-state index in [1.807, 2.05) is 24.3 Å². The maximum atomic E-state index is 8.45. The van der Waals surface area contributed by atoms with Crippen LogP contribution in [-0.4, -0.2) is 18.3 Å². The van der Waals surface area contributed by atoms with Crippen molar-refractivity contribution >= 4 is 0 Å². The normalized spacial score (nSPS) is 10.2. The van der Waals surface area contributed by atoms with Gasteiger partial charge in [-0.25, -0.2) is 0 Å². The molecule has 2 nitrogen and oxygen atoms in total. The molecule has 0 saturated heterocycles. The minimum atomic E-state index is 0.0768. The van der Waals surface area contributed by atoms with Crippen molar-refractivity contribution in [3.05, 3.63) is 42.3 Å². The van der Waals surface area contributed by atoms with E-state index in [4.69, 9.17) is 9.84 Å². The number of rotatable bonds is 4. The Kier molecular flexibility index (Phi) is 3.77. The summed E-state index contributed by atoms with van der Waals surface area (Å²) in [6.07, 6.45) is 0. The minimum absolute atomic E-state index is 0.0768. The highest BCUT2D eigenvalue weighted by atomic mass is 16.5. The molecule has 0 aliphatic rings. The lowest BCUT2D eigenvalue weighted by Crippen LogP contribution is -1.98. The van der Waals surface area contributed by atoms with E-state index >= 15 is 0 Å². The summed E-state index contributed by atoms with van der Waals surface area (Å²) in [7, 11) is 0. The summed E-state index contributed by atoms with van der Waals surface area (Å²) in [5.41, 5.74) is 2.11. The zero-order chi connectivity index (χ0) is 8.81. The Balaban J connectivity index is 2.37. The summed E-state index contributed by atoms with van der Waals surface area (Å²) >= 11 is 0. The van der Waals surface area contributed by atoms with E-state index in [1.54, 1.807) is 0 Å². The first-order chi connectivity index (χ1) is 5.83. The van der Waals surface area contributed by atoms with Gasteiger partial charge in [0, 0.05) is 0 Å². The highest BCUT2D eigenvalue weighted by Crippen LogP contribution is 2.03. The molecule has 65 valence electrons. The summed E-state index contributed by atoms with van der Waals surface area (Å²) in [6, 6.07) is 7.83. The van der Waals surface area contributed by atoms with Gasteiger partial charge in [0.1, 0.15) is 0 Å². The molecule has 0 amide bonds. The maximum absolute atomic E-state index is 8.45. The van der Waals surface area contributed by atoms with Crippen LogP contribution in [0.4, 0.5) is 0 Å². The SMILES string of the molecule is [CH2]c1ccc(COCCO)cc1. The van der Waals surface area contributed by atoms with Crippen LogP contribution in [0, 0.1) is 6.92 Å². The fourth-order valence-electron chi connectivity index (χ4n) is 0.890. The van der Waals surface area contributed by atoms with Crippen molar-refractivity contribution in [1.82, 2.24) is 0 Å². The van der Waals surface area contributed by atoms with Gasteiger partial charge in [-0.05, 0) is 18.1 Å². The van der Waals surface area contributed by atoms with Crippen LogP contribution >= 0.6 is 0 Å². The standard InChI is InChI=1S/C10H13O2/c1-9-2-4-10(5-3-9)8-12-7-6-11/h2-5,11H,1,6-8H2. The maximum Gasteiger partial charge on any atom is 0.0718 e. The number of aliphatic hydroxyl groups is 1. The summed E-state index contributed by atoms with van der Waals surface area (Å²) < 4.78 is 5.14. The van der Waals surface area contributed by atoms with Gasteiger partial charge in [0.2, 0.25) is 0 Å². The first kappa shape index (κ1) is 9.23. The lowest BCUT2D eigenvalue weighted by Gasteiger charge is -2.02. The molecule has 0 atom stereocenters. The molecule has 0 saturated carbocycles. The molecule has 0 heterocycles. The summed E-state index contributed by atoms with van der Waals surface area (Å²) in [6.45, 7) is 4.81. The third kappa shape index (κ3) is 3.03. The van der Waals surface area contributed by atoms with Crippen molar-refractivity contribution in [2.45, 2.75) is 6.61 Å². The van der Waals surface area contributed by atoms with Gasteiger partial charge in [0.05, 0.1) is 19.8 Å². The zero-order valence-corrected chi connectivity index (χ0v) is 6.99. The van der Waals surface area contributed by atoms with E-state index in [2.05, 4.69) is 6.92 Å². The van der Waals surface area contributed by atoms with Crippen molar-refractivity contribution in [2.75, 3.05) is 13.2 Å². The fraction of sp³-hybridized carbons (Fsp3) is 0.300. The van der Waals surface area contributed by atoms with Crippen LogP contribution in [0.2, 0.25) is 0 Å². The van der Waals surface area contributed by atoms with E-state index in [9.17, 15) is 0 Å². The van der Waals surface area contributed by atoms with Crippen LogP contribution in [0.25, 0.3) is 0 Å². The zero-order valence-electron chi connectivity index (χ0n) is 6.99. The smallest absolute Gasteiger partial charge is 0.0718 e. The van der Waals surface area contributed by atoms with E-state index in [1.165, 1.54) is 0 Å². The topological polar surface area (TPSA) is 29.5 Å². The molecular formula is C10H13O2. The molecule has 0 unspecified atom stereocenters.